The zero-order chi connectivity index (χ0) is 12.2. The summed E-state index contributed by atoms with van der Waals surface area (Å²) in [5, 5.41) is 2.89. The lowest BCUT2D eigenvalue weighted by molar-refractivity contribution is -0.125. The quantitative estimate of drug-likeness (QED) is 0.477. The van der Waals surface area contributed by atoms with Gasteiger partial charge in [-0.15, -0.1) is 11.6 Å². The highest BCUT2D eigenvalue weighted by atomic mass is 35.5. The van der Waals surface area contributed by atoms with Gasteiger partial charge < -0.3 is 10.1 Å². The Labute approximate surface area is 104 Å². The molecule has 0 aliphatic rings. The number of carbonyl (C=O) groups excluding carboxylic acids is 1. The topological polar surface area (TPSA) is 38.3 Å². The average molecular weight is 250 g/mol. The highest BCUT2D eigenvalue weighted by Crippen LogP contribution is 2.12. The van der Waals surface area contributed by atoms with Gasteiger partial charge in [-0.1, -0.05) is 26.7 Å². The van der Waals surface area contributed by atoms with Crippen molar-refractivity contribution in [2.45, 2.75) is 39.5 Å². The fourth-order valence-electron chi connectivity index (χ4n) is 1.52. The molecule has 1 amide bonds. The Kier molecular flexibility index (Phi) is 11.0. The normalized spacial score (nSPS) is 12.4. The molecular formula is C12H24ClNO2. The van der Waals surface area contributed by atoms with Crippen molar-refractivity contribution in [1.82, 2.24) is 5.32 Å². The van der Waals surface area contributed by atoms with Crippen LogP contribution in [0.2, 0.25) is 0 Å². The molecule has 0 aromatic carbocycles. The number of carbonyl (C=O) groups is 1. The van der Waals surface area contributed by atoms with Crippen LogP contribution < -0.4 is 5.32 Å². The van der Waals surface area contributed by atoms with Crippen molar-refractivity contribution >= 4 is 17.5 Å². The molecule has 0 heterocycles. The van der Waals surface area contributed by atoms with E-state index in [-0.39, 0.29) is 11.8 Å². The monoisotopic (exact) mass is 249 g/mol. The van der Waals surface area contributed by atoms with E-state index in [4.69, 9.17) is 16.3 Å². The van der Waals surface area contributed by atoms with Crippen LogP contribution in [0.5, 0.6) is 0 Å². The summed E-state index contributed by atoms with van der Waals surface area (Å²) in [6.07, 6.45) is 4.16. The van der Waals surface area contributed by atoms with Crippen LogP contribution in [0.1, 0.15) is 39.5 Å². The minimum Gasteiger partial charge on any atom is -0.378 e. The summed E-state index contributed by atoms with van der Waals surface area (Å²) in [7, 11) is 0. The predicted octanol–water partition coefficient (Wildman–Crippen LogP) is 2.57. The third-order valence-corrected chi connectivity index (χ3v) is 2.69. The van der Waals surface area contributed by atoms with Gasteiger partial charge in [-0.25, -0.2) is 0 Å². The average Bonchev–Trinajstić information content (AvgIpc) is 2.30. The minimum atomic E-state index is 0.158. The molecule has 0 bridgehead atoms. The summed E-state index contributed by atoms with van der Waals surface area (Å²) in [4.78, 5) is 11.7. The predicted molar refractivity (Wildman–Crippen MR) is 67.9 cm³/mol. The maximum Gasteiger partial charge on any atom is 0.223 e. The van der Waals surface area contributed by atoms with E-state index in [1.807, 2.05) is 0 Å². The maximum absolute atomic E-state index is 11.7. The molecule has 0 fully saturated rings. The molecule has 0 aliphatic heterocycles. The first-order chi connectivity index (χ1) is 7.76. The Morgan fingerprint density at radius 2 is 2.12 bits per heavy atom. The number of unbranched alkanes of at least 4 members (excludes halogenated alkanes) is 1. The Morgan fingerprint density at radius 1 is 1.38 bits per heavy atom. The summed E-state index contributed by atoms with van der Waals surface area (Å²) in [6.45, 7) is 5.88. The van der Waals surface area contributed by atoms with Crippen LogP contribution in [0.4, 0.5) is 0 Å². The largest absolute Gasteiger partial charge is 0.378 e. The summed E-state index contributed by atoms with van der Waals surface area (Å²) in [5.41, 5.74) is 0. The Bertz CT molecular complexity index is 176. The summed E-state index contributed by atoms with van der Waals surface area (Å²) >= 11 is 5.46. The Morgan fingerprint density at radius 3 is 2.69 bits per heavy atom. The van der Waals surface area contributed by atoms with E-state index in [1.165, 1.54) is 0 Å². The van der Waals surface area contributed by atoms with Crippen LogP contribution in [0.25, 0.3) is 0 Å². The lowest BCUT2D eigenvalue weighted by atomic mass is 9.98. The van der Waals surface area contributed by atoms with Crippen LogP contribution in [-0.2, 0) is 9.53 Å². The van der Waals surface area contributed by atoms with Crippen molar-refractivity contribution in [3.63, 3.8) is 0 Å². The molecule has 0 aliphatic carbocycles. The van der Waals surface area contributed by atoms with Crippen LogP contribution in [0, 0.1) is 5.92 Å². The van der Waals surface area contributed by atoms with Gasteiger partial charge in [-0.05, 0) is 12.8 Å². The third-order valence-electron chi connectivity index (χ3n) is 2.54. The molecular weight excluding hydrogens is 226 g/mol. The molecule has 0 aromatic heterocycles. The van der Waals surface area contributed by atoms with Crippen molar-refractivity contribution < 1.29 is 9.53 Å². The van der Waals surface area contributed by atoms with Gasteiger partial charge in [0.2, 0.25) is 5.91 Å². The number of halogens is 1. The zero-order valence-corrected chi connectivity index (χ0v) is 11.2. The minimum absolute atomic E-state index is 0.158. The third kappa shape index (κ3) is 7.94. The molecule has 0 rings (SSSR count). The lowest BCUT2D eigenvalue weighted by Crippen LogP contribution is -2.33. The lowest BCUT2D eigenvalue weighted by Gasteiger charge is -2.14. The summed E-state index contributed by atoms with van der Waals surface area (Å²) in [6, 6.07) is 0. The number of hydrogen-bond donors (Lipinski definition) is 1. The van der Waals surface area contributed by atoms with Crippen molar-refractivity contribution in [1.29, 1.82) is 0 Å². The molecule has 1 unspecified atom stereocenters. The number of amides is 1. The van der Waals surface area contributed by atoms with E-state index in [9.17, 15) is 4.79 Å². The first-order valence-corrected chi connectivity index (χ1v) is 6.71. The second-order valence-corrected chi connectivity index (χ2v) is 4.22. The Balaban J connectivity index is 3.58. The van der Waals surface area contributed by atoms with E-state index in [2.05, 4.69) is 19.2 Å². The molecule has 96 valence electrons. The highest BCUT2D eigenvalue weighted by Gasteiger charge is 2.14. The molecule has 0 spiro atoms. The smallest absolute Gasteiger partial charge is 0.223 e. The van der Waals surface area contributed by atoms with E-state index in [1.54, 1.807) is 0 Å². The maximum atomic E-state index is 11.7. The number of hydrogen-bond acceptors (Lipinski definition) is 2. The summed E-state index contributed by atoms with van der Waals surface area (Å²) in [5.74, 6) is 0.820. The van der Waals surface area contributed by atoms with Gasteiger partial charge in [0, 0.05) is 18.3 Å². The second-order valence-electron chi connectivity index (χ2n) is 3.84. The van der Waals surface area contributed by atoms with Gasteiger partial charge >= 0.3 is 0 Å². The SMILES string of the molecule is CCCCC(CC)C(=O)NCCOCCCl. The number of rotatable bonds is 10. The van der Waals surface area contributed by atoms with E-state index < -0.39 is 0 Å². The fraction of sp³-hybridized carbons (Fsp3) is 0.917. The van der Waals surface area contributed by atoms with Gasteiger partial charge in [0.25, 0.3) is 0 Å². The summed E-state index contributed by atoms with van der Waals surface area (Å²) < 4.78 is 5.18. The molecule has 3 nitrogen and oxygen atoms in total. The van der Waals surface area contributed by atoms with Crippen LogP contribution in [0.3, 0.4) is 0 Å². The van der Waals surface area contributed by atoms with Crippen LogP contribution in [-0.4, -0.2) is 31.5 Å². The molecule has 16 heavy (non-hydrogen) atoms. The number of nitrogens with one attached hydrogen (secondary N) is 1. The van der Waals surface area contributed by atoms with Gasteiger partial charge in [0.1, 0.15) is 0 Å². The molecule has 0 radical (unpaired) electrons. The number of ether oxygens (including phenoxy) is 1. The zero-order valence-electron chi connectivity index (χ0n) is 10.4. The first-order valence-electron chi connectivity index (χ1n) is 6.17. The van der Waals surface area contributed by atoms with Crippen molar-refractivity contribution in [3.05, 3.63) is 0 Å². The molecule has 1 N–H and O–H groups in total. The molecule has 1 atom stereocenters. The van der Waals surface area contributed by atoms with Gasteiger partial charge in [-0.3, -0.25) is 4.79 Å². The van der Waals surface area contributed by atoms with E-state index in [0.29, 0.717) is 25.6 Å². The molecule has 0 saturated heterocycles. The van der Waals surface area contributed by atoms with Crippen molar-refractivity contribution in [3.8, 4) is 0 Å². The molecule has 0 aromatic rings. The van der Waals surface area contributed by atoms with Gasteiger partial charge in [-0.2, -0.15) is 0 Å². The van der Waals surface area contributed by atoms with Crippen molar-refractivity contribution in [2.24, 2.45) is 5.92 Å². The van der Waals surface area contributed by atoms with Gasteiger partial charge in [0.05, 0.1) is 13.2 Å². The van der Waals surface area contributed by atoms with E-state index >= 15 is 0 Å². The molecule has 0 saturated carbocycles. The van der Waals surface area contributed by atoms with Gasteiger partial charge in [0.15, 0.2) is 0 Å². The van der Waals surface area contributed by atoms with Crippen LogP contribution >= 0.6 is 11.6 Å². The van der Waals surface area contributed by atoms with E-state index in [0.717, 1.165) is 25.7 Å². The second kappa shape index (κ2) is 11.2. The van der Waals surface area contributed by atoms with Crippen LogP contribution in [0.15, 0.2) is 0 Å². The highest BCUT2D eigenvalue weighted by molar-refractivity contribution is 6.17. The molecule has 4 heteroatoms. The standard InChI is InChI=1S/C12H24ClNO2/c1-3-5-6-11(4-2)12(15)14-8-10-16-9-7-13/h11H,3-10H2,1-2H3,(H,14,15). The fourth-order valence-corrected chi connectivity index (χ4v) is 1.63. The Hall–Kier alpha value is -0.280. The van der Waals surface area contributed by atoms with Crippen molar-refractivity contribution in [2.75, 3.05) is 25.6 Å². The number of alkyl halides is 1. The first kappa shape index (κ1) is 15.7.